The first-order valence-corrected chi connectivity index (χ1v) is 10.1. The van der Waals surface area contributed by atoms with Gasteiger partial charge in [-0.25, -0.2) is 4.79 Å². The summed E-state index contributed by atoms with van der Waals surface area (Å²) in [5.74, 6) is -1.20. The molecule has 0 aliphatic heterocycles. The lowest BCUT2D eigenvalue weighted by atomic mass is 10.2. The van der Waals surface area contributed by atoms with Gasteiger partial charge in [-0.1, -0.05) is 6.07 Å². The zero-order valence-corrected chi connectivity index (χ0v) is 16.3. The van der Waals surface area contributed by atoms with Crippen LogP contribution in [0.5, 0.6) is 0 Å². The maximum atomic E-state index is 12.4. The molecule has 1 aromatic carbocycles. The molecular weight excluding hydrogens is 390 g/mol. The van der Waals surface area contributed by atoms with Crippen molar-refractivity contribution < 1.29 is 19.1 Å². The number of thiophene rings is 1. The van der Waals surface area contributed by atoms with E-state index in [0.29, 0.717) is 21.8 Å². The number of aromatic nitrogens is 1. The van der Waals surface area contributed by atoms with E-state index in [0.717, 1.165) is 12.8 Å². The van der Waals surface area contributed by atoms with E-state index in [4.69, 9.17) is 4.74 Å². The van der Waals surface area contributed by atoms with Gasteiger partial charge in [0, 0.05) is 29.7 Å². The zero-order chi connectivity index (χ0) is 20.2. The number of rotatable bonds is 7. The largest absolute Gasteiger partial charge is 0.451 e. The topological polar surface area (TPSA) is 89.4 Å². The van der Waals surface area contributed by atoms with Gasteiger partial charge in [-0.15, -0.1) is 11.3 Å². The van der Waals surface area contributed by atoms with Gasteiger partial charge in [-0.05, 0) is 54.6 Å². The Morgan fingerprint density at radius 1 is 1.10 bits per heavy atom. The van der Waals surface area contributed by atoms with Gasteiger partial charge in [0.2, 0.25) is 0 Å². The predicted molar refractivity (Wildman–Crippen MR) is 109 cm³/mol. The Bertz CT molecular complexity index is 1040. The quantitative estimate of drug-likeness (QED) is 0.587. The molecule has 0 radical (unpaired) electrons. The molecule has 4 rings (SSSR count). The van der Waals surface area contributed by atoms with Crippen LogP contribution in [0.1, 0.15) is 32.9 Å². The van der Waals surface area contributed by atoms with E-state index in [1.54, 1.807) is 29.6 Å². The average Bonchev–Trinajstić information content (AvgIpc) is 3.18. The number of benzene rings is 1. The molecule has 1 fully saturated rings. The molecular formula is C21H19N3O4S. The summed E-state index contributed by atoms with van der Waals surface area (Å²) in [5.41, 5.74) is 1.65. The third kappa shape index (κ3) is 4.72. The summed E-state index contributed by atoms with van der Waals surface area (Å²) in [5, 5.41) is 7.35. The van der Waals surface area contributed by atoms with E-state index < -0.39 is 18.5 Å². The molecule has 8 heteroatoms. The first-order chi connectivity index (χ1) is 14.1. The Hall–Kier alpha value is -3.39. The van der Waals surface area contributed by atoms with Gasteiger partial charge in [0.1, 0.15) is 4.88 Å². The van der Waals surface area contributed by atoms with E-state index in [9.17, 15) is 14.4 Å². The number of nitrogens with one attached hydrogen (secondary N) is 2. The molecule has 148 valence electrons. The SMILES string of the molecule is O=C(COC(=O)c1sccc1-n1cccc1)Nc1cccc(C(=O)NC2CC2)c1. The van der Waals surface area contributed by atoms with Crippen LogP contribution in [0.2, 0.25) is 0 Å². The van der Waals surface area contributed by atoms with Crippen LogP contribution >= 0.6 is 11.3 Å². The first-order valence-electron chi connectivity index (χ1n) is 9.19. The van der Waals surface area contributed by atoms with Gasteiger partial charge >= 0.3 is 5.97 Å². The highest BCUT2D eigenvalue weighted by atomic mass is 32.1. The molecule has 1 saturated carbocycles. The summed E-state index contributed by atoms with van der Waals surface area (Å²) in [6.45, 7) is -0.416. The minimum absolute atomic E-state index is 0.162. The number of amides is 2. The molecule has 3 aromatic rings. The molecule has 2 N–H and O–H groups in total. The second-order valence-corrected chi connectivity index (χ2v) is 7.59. The Kier molecular flexibility index (Phi) is 5.44. The van der Waals surface area contributed by atoms with Crippen molar-refractivity contribution in [2.75, 3.05) is 11.9 Å². The summed E-state index contributed by atoms with van der Waals surface area (Å²) in [6.07, 6.45) is 5.67. The number of hydrogen-bond donors (Lipinski definition) is 2. The van der Waals surface area contributed by atoms with E-state index in [-0.39, 0.29) is 11.9 Å². The Morgan fingerprint density at radius 2 is 1.90 bits per heavy atom. The van der Waals surface area contributed by atoms with Gasteiger partial charge in [-0.2, -0.15) is 0 Å². The molecule has 1 aliphatic rings. The fourth-order valence-electron chi connectivity index (χ4n) is 2.78. The second-order valence-electron chi connectivity index (χ2n) is 6.68. The second kappa shape index (κ2) is 8.32. The lowest BCUT2D eigenvalue weighted by Crippen LogP contribution is -2.25. The number of carbonyl (C=O) groups excluding carboxylic acids is 3. The average molecular weight is 409 g/mol. The lowest BCUT2D eigenvalue weighted by molar-refractivity contribution is -0.119. The monoisotopic (exact) mass is 409 g/mol. The Labute approximate surface area is 171 Å². The van der Waals surface area contributed by atoms with E-state index in [2.05, 4.69) is 10.6 Å². The predicted octanol–water partition coefficient (Wildman–Crippen LogP) is 3.23. The lowest BCUT2D eigenvalue weighted by Gasteiger charge is -2.09. The van der Waals surface area contributed by atoms with Crippen molar-refractivity contribution in [1.29, 1.82) is 0 Å². The number of anilines is 1. The highest BCUT2D eigenvalue weighted by molar-refractivity contribution is 7.12. The minimum Gasteiger partial charge on any atom is -0.451 e. The molecule has 0 atom stereocenters. The van der Waals surface area contributed by atoms with Crippen LogP contribution in [0.15, 0.2) is 60.2 Å². The molecule has 1 aliphatic carbocycles. The molecule has 0 bridgehead atoms. The van der Waals surface area contributed by atoms with Gasteiger partial charge in [0.25, 0.3) is 11.8 Å². The van der Waals surface area contributed by atoms with Crippen molar-refractivity contribution in [3.8, 4) is 5.69 Å². The first kappa shape index (κ1) is 18.9. The van der Waals surface area contributed by atoms with Crippen molar-refractivity contribution in [3.05, 3.63) is 70.7 Å². The summed E-state index contributed by atoms with van der Waals surface area (Å²) in [7, 11) is 0. The number of carbonyl (C=O) groups is 3. The third-order valence-corrected chi connectivity index (χ3v) is 5.25. The Balaban J connectivity index is 1.33. The number of nitrogens with zero attached hydrogens (tertiary/aromatic N) is 1. The highest BCUT2D eigenvalue weighted by Crippen LogP contribution is 2.22. The molecule has 2 heterocycles. The fourth-order valence-corrected chi connectivity index (χ4v) is 3.56. The molecule has 29 heavy (non-hydrogen) atoms. The van der Waals surface area contributed by atoms with Gasteiger partial charge < -0.3 is 19.9 Å². The van der Waals surface area contributed by atoms with Crippen molar-refractivity contribution in [3.63, 3.8) is 0 Å². The summed E-state index contributed by atoms with van der Waals surface area (Å²) < 4.78 is 6.98. The standard InChI is InChI=1S/C21H19N3O4S/c25-18(22-16-5-3-4-14(12-16)20(26)23-15-6-7-15)13-28-21(27)19-17(8-11-29-19)24-9-1-2-10-24/h1-5,8-12,15H,6-7,13H2,(H,22,25)(H,23,26). The minimum atomic E-state index is -0.559. The molecule has 0 unspecified atom stereocenters. The highest BCUT2D eigenvalue weighted by Gasteiger charge is 2.24. The molecule has 0 spiro atoms. The van der Waals surface area contributed by atoms with Crippen LogP contribution < -0.4 is 10.6 Å². The zero-order valence-electron chi connectivity index (χ0n) is 15.5. The van der Waals surface area contributed by atoms with Gasteiger partial charge in [0.05, 0.1) is 5.69 Å². The third-order valence-electron chi connectivity index (χ3n) is 4.37. The normalized spacial score (nSPS) is 13.0. The van der Waals surface area contributed by atoms with Crippen LogP contribution in [0.25, 0.3) is 5.69 Å². The van der Waals surface area contributed by atoms with E-state index in [1.165, 1.54) is 11.3 Å². The van der Waals surface area contributed by atoms with Crippen LogP contribution in [0, 0.1) is 0 Å². The van der Waals surface area contributed by atoms with Crippen LogP contribution in [0.3, 0.4) is 0 Å². The maximum absolute atomic E-state index is 12.4. The summed E-state index contributed by atoms with van der Waals surface area (Å²) >= 11 is 1.26. The van der Waals surface area contributed by atoms with E-state index in [1.807, 2.05) is 35.2 Å². The van der Waals surface area contributed by atoms with Crippen LogP contribution in [-0.4, -0.2) is 35.0 Å². The Morgan fingerprint density at radius 3 is 2.66 bits per heavy atom. The molecule has 0 saturated heterocycles. The van der Waals surface area contributed by atoms with Gasteiger partial charge in [-0.3, -0.25) is 9.59 Å². The van der Waals surface area contributed by atoms with Crippen molar-refractivity contribution in [2.45, 2.75) is 18.9 Å². The molecule has 7 nitrogen and oxygen atoms in total. The van der Waals surface area contributed by atoms with Crippen molar-refractivity contribution in [1.82, 2.24) is 9.88 Å². The number of esters is 1. The molecule has 2 amide bonds. The van der Waals surface area contributed by atoms with Crippen molar-refractivity contribution >= 4 is 34.8 Å². The summed E-state index contributed by atoms with van der Waals surface area (Å²) in [4.78, 5) is 37.1. The smallest absolute Gasteiger partial charge is 0.350 e. The van der Waals surface area contributed by atoms with Crippen LogP contribution in [0.4, 0.5) is 5.69 Å². The maximum Gasteiger partial charge on any atom is 0.350 e. The number of ether oxygens (including phenoxy) is 1. The summed E-state index contributed by atoms with van der Waals surface area (Å²) in [6, 6.07) is 12.5. The van der Waals surface area contributed by atoms with Gasteiger partial charge in [0.15, 0.2) is 6.61 Å². The van der Waals surface area contributed by atoms with Crippen LogP contribution in [-0.2, 0) is 9.53 Å². The fraction of sp³-hybridized carbons (Fsp3) is 0.190. The molecule has 2 aromatic heterocycles. The van der Waals surface area contributed by atoms with E-state index >= 15 is 0 Å². The van der Waals surface area contributed by atoms with Crippen molar-refractivity contribution in [2.24, 2.45) is 0 Å². The number of hydrogen-bond acceptors (Lipinski definition) is 5.